The summed E-state index contributed by atoms with van der Waals surface area (Å²) in [6.45, 7) is 1.80. The number of nitro groups is 1. The SMILES string of the molecule is CC[C@H](O)[C@H](N)c1ccc(Br)c([N+](=O)[O-])c1.Cl. The van der Waals surface area contributed by atoms with Crippen LogP contribution < -0.4 is 5.73 Å². The molecule has 0 aliphatic heterocycles. The van der Waals surface area contributed by atoms with Crippen molar-refractivity contribution in [3.05, 3.63) is 38.3 Å². The maximum atomic E-state index is 10.7. The van der Waals surface area contributed by atoms with Crippen LogP contribution in [-0.2, 0) is 0 Å². The fourth-order valence-corrected chi connectivity index (χ4v) is 1.74. The summed E-state index contributed by atoms with van der Waals surface area (Å²) in [4.78, 5) is 10.2. The topological polar surface area (TPSA) is 89.4 Å². The number of rotatable bonds is 4. The molecule has 5 nitrogen and oxygen atoms in total. The Bertz CT molecular complexity index is 403. The Balaban J connectivity index is 0.00000256. The molecule has 96 valence electrons. The average molecular weight is 326 g/mol. The maximum Gasteiger partial charge on any atom is 0.283 e. The summed E-state index contributed by atoms with van der Waals surface area (Å²) in [7, 11) is 0. The number of nitro benzene ring substituents is 1. The molecule has 7 heteroatoms. The summed E-state index contributed by atoms with van der Waals surface area (Å²) in [5.41, 5.74) is 6.29. The van der Waals surface area contributed by atoms with E-state index in [2.05, 4.69) is 15.9 Å². The van der Waals surface area contributed by atoms with E-state index in [1.54, 1.807) is 19.1 Å². The van der Waals surface area contributed by atoms with Crippen LogP contribution in [0.4, 0.5) is 5.69 Å². The van der Waals surface area contributed by atoms with E-state index in [-0.39, 0.29) is 18.1 Å². The molecule has 0 unspecified atom stereocenters. The predicted octanol–water partition coefficient (Wildman–Crippen LogP) is 2.55. The molecular formula is C10H14BrClN2O3. The van der Waals surface area contributed by atoms with Gasteiger partial charge in [-0.25, -0.2) is 0 Å². The van der Waals surface area contributed by atoms with Gasteiger partial charge in [-0.05, 0) is 34.0 Å². The first-order valence-corrected chi connectivity index (χ1v) is 5.64. The van der Waals surface area contributed by atoms with Crippen LogP contribution in [0, 0.1) is 10.1 Å². The lowest BCUT2D eigenvalue weighted by atomic mass is 10.0. The molecule has 0 aromatic heterocycles. The minimum atomic E-state index is -0.694. The van der Waals surface area contributed by atoms with Gasteiger partial charge in [0.05, 0.1) is 21.5 Å². The standard InChI is InChI=1S/C10H13BrN2O3.ClH/c1-2-9(14)10(12)6-3-4-7(11)8(5-6)13(15)16;/h3-5,9-10,14H,2,12H2,1H3;1H/t9-,10+;/m0./s1. The number of halogens is 2. The molecule has 0 radical (unpaired) electrons. The second-order valence-electron chi connectivity index (χ2n) is 3.47. The van der Waals surface area contributed by atoms with Gasteiger partial charge in [-0.1, -0.05) is 13.0 Å². The number of hydrogen-bond donors (Lipinski definition) is 2. The third-order valence-electron chi connectivity index (χ3n) is 2.38. The molecular weight excluding hydrogens is 311 g/mol. The molecule has 0 saturated heterocycles. The van der Waals surface area contributed by atoms with Gasteiger partial charge in [-0.3, -0.25) is 10.1 Å². The zero-order valence-corrected chi connectivity index (χ0v) is 11.6. The number of benzene rings is 1. The van der Waals surface area contributed by atoms with Crippen molar-refractivity contribution in [3.63, 3.8) is 0 Å². The van der Waals surface area contributed by atoms with E-state index in [1.807, 2.05) is 0 Å². The van der Waals surface area contributed by atoms with E-state index < -0.39 is 17.1 Å². The quantitative estimate of drug-likeness (QED) is 0.657. The molecule has 0 aliphatic rings. The fourth-order valence-electron chi connectivity index (χ4n) is 1.35. The molecule has 0 saturated carbocycles. The average Bonchev–Trinajstić information content (AvgIpc) is 2.27. The van der Waals surface area contributed by atoms with E-state index in [9.17, 15) is 15.2 Å². The Morgan fingerprint density at radius 3 is 2.65 bits per heavy atom. The Morgan fingerprint density at radius 2 is 2.18 bits per heavy atom. The summed E-state index contributed by atoms with van der Waals surface area (Å²) in [6, 6.07) is 4.01. The Morgan fingerprint density at radius 1 is 1.59 bits per heavy atom. The highest BCUT2D eigenvalue weighted by Gasteiger charge is 2.19. The number of aliphatic hydroxyl groups excluding tert-OH is 1. The molecule has 0 heterocycles. The highest BCUT2D eigenvalue weighted by atomic mass is 79.9. The molecule has 1 aromatic rings. The van der Waals surface area contributed by atoms with Crippen LogP contribution in [-0.4, -0.2) is 16.1 Å². The lowest BCUT2D eigenvalue weighted by Gasteiger charge is -2.17. The van der Waals surface area contributed by atoms with Crippen LogP contribution in [0.5, 0.6) is 0 Å². The van der Waals surface area contributed by atoms with Crippen molar-refractivity contribution in [3.8, 4) is 0 Å². The molecule has 0 spiro atoms. The maximum absolute atomic E-state index is 10.7. The van der Waals surface area contributed by atoms with Crippen LogP contribution in [0.2, 0.25) is 0 Å². The number of nitrogens with two attached hydrogens (primary N) is 1. The largest absolute Gasteiger partial charge is 0.391 e. The highest BCUT2D eigenvalue weighted by Crippen LogP contribution is 2.28. The van der Waals surface area contributed by atoms with Crippen LogP contribution in [0.3, 0.4) is 0 Å². The first-order chi connectivity index (χ1) is 7.47. The molecule has 0 bridgehead atoms. The zero-order chi connectivity index (χ0) is 12.3. The lowest BCUT2D eigenvalue weighted by molar-refractivity contribution is -0.385. The summed E-state index contributed by atoms with van der Waals surface area (Å²) in [5.74, 6) is 0. The van der Waals surface area contributed by atoms with Gasteiger partial charge < -0.3 is 10.8 Å². The lowest BCUT2D eigenvalue weighted by Crippen LogP contribution is -2.25. The van der Waals surface area contributed by atoms with Gasteiger partial charge in [0.2, 0.25) is 0 Å². The van der Waals surface area contributed by atoms with Gasteiger partial charge in [-0.15, -0.1) is 12.4 Å². The first-order valence-electron chi connectivity index (χ1n) is 4.84. The summed E-state index contributed by atoms with van der Waals surface area (Å²) >= 11 is 3.09. The highest BCUT2D eigenvalue weighted by molar-refractivity contribution is 9.10. The summed E-state index contributed by atoms with van der Waals surface area (Å²) in [5, 5.41) is 20.3. The smallest absolute Gasteiger partial charge is 0.283 e. The molecule has 1 rings (SSSR count). The van der Waals surface area contributed by atoms with Crippen molar-refractivity contribution in [1.29, 1.82) is 0 Å². The molecule has 0 aliphatic carbocycles. The Hall–Kier alpha value is -0.690. The zero-order valence-electron chi connectivity index (χ0n) is 9.17. The summed E-state index contributed by atoms with van der Waals surface area (Å²) in [6.07, 6.45) is -0.189. The fraction of sp³-hybridized carbons (Fsp3) is 0.400. The molecule has 3 N–H and O–H groups in total. The Kier molecular flexibility index (Phi) is 6.62. The van der Waals surface area contributed by atoms with Crippen molar-refractivity contribution in [2.45, 2.75) is 25.5 Å². The number of nitrogens with zero attached hydrogens (tertiary/aromatic N) is 1. The second-order valence-corrected chi connectivity index (χ2v) is 4.32. The number of hydrogen-bond acceptors (Lipinski definition) is 4. The van der Waals surface area contributed by atoms with E-state index >= 15 is 0 Å². The predicted molar refractivity (Wildman–Crippen MR) is 71.3 cm³/mol. The second kappa shape index (κ2) is 6.90. The van der Waals surface area contributed by atoms with Crippen LogP contribution in [0.1, 0.15) is 24.9 Å². The van der Waals surface area contributed by atoms with Crippen molar-refractivity contribution in [2.24, 2.45) is 5.73 Å². The summed E-state index contributed by atoms with van der Waals surface area (Å²) < 4.78 is 0.402. The van der Waals surface area contributed by atoms with E-state index in [0.717, 1.165) is 0 Å². The van der Waals surface area contributed by atoms with Crippen molar-refractivity contribution in [1.82, 2.24) is 0 Å². The number of aliphatic hydroxyl groups is 1. The van der Waals surface area contributed by atoms with Crippen LogP contribution in [0.25, 0.3) is 0 Å². The van der Waals surface area contributed by atoms with E-state index in [1.165, 1.54) is 6.07 Å². The van der Waals surface area contributed by atoms with Gasteiger partial charge >= 0.3 is 0 Å². The van der Waals surface area contributed by atoms with E-state index in [4.69, 9.17) is 5.73 Å². The normalized spacial score (nSPS) is 13.6. The van der Waals surface area contributed by atoms with E-state index in [0.29, 0.717) is 16.5 Å². The molecule has 17 heavy (non-hydrogen) atoms. The van der Waals surface area contributed by atoms with Gasteiger partial charge in [0.25, 0.3) is 5.69 Å². The van der Waals surface area contributed by atoms with Gasteiger partial charge in [-0.2, -0.15) is 0 Å². The van der Waals surface area contributed by atoms with Crippen LogP contribution >= 0.6 is 28.3 Å². The molecule has 0 amide bonds. The van der Waals surface area contributed by atoms with Crippen molar-refractivity contribution >= 4 is 34.0 Å². The minimum absolute atomic E-state index is 0. The molecule has 2 atom stereocenters. The molecule has 1 aromatic carbocycles. The van der Waals surface area contributed by atoms with Gasteiger partial charge in [0.1, 0.15) is 0 Å². The Labute approximate surface area is 114 Å². The van der Waals surface area contributed by atoms with Crippen LogP contribution in [0.15, 0.2) is 22.7 Å². The van der Waals surface area contributed by atoms with Gasteiger partial charge in [0.15, 0.2) is 0 Å². The van der Waals surface area contributed by atoms with Crippen molar-refractivity contribution in [2.75, 3.05) is 0 Å². The van der Waals surface area contributed by atoms with Gasteiger partial charge in [0, 0.05) is 6.07 Å². The first kappa shape index (κ1) is 16.3. The minimum Gasteiger partial charge on any atom is -0.391 e. The third-order valence-corrected chi connectivity index (χ3v) is 3.06. The third kappa shape index (κ3) is 3.92. The molecule has 0 fully saturated rings. The monoisotopic (exact) mass is 324 g/mol. The van der Waals surface area contributed by atoms with Crippen molar-refractivity contribution < 1.29 is 10.0 Å².